The normalized spacial score (nSPS) is 18.4. The SMILES string of the molecule is CCN(CC)C1CCN(C(=NCc2nnc(C)n2C)NCCOC)C1. The second-order valence-corrected chi connectivity index (χ2v) is 6.39. The second-order valence-electron chi connectivity index (χ2n) is 6.39. The molecule has 0 aromatic carbocycles. The van der Waals surface area contributed by atoms with E-state index in [0.29, 0.717) is 19.2 Å². The van der Waals surface area contributed by atoms with Crippen molar-refractivity contribution in [3.63, 3.8) is 0 Å². The van der Waals surface area contributed by atoms with Crippen LogP contribution in [0.25, 0.3) is 0 Å². The van der Waals surface area contributed by atoms with E-state index in [9.17, 15) is 0 Å². The number of likely N-dealkylation sites (tertiary alicyclic amines) is 1. The monoisotopic (exact) mass is 351 g/mol. The lowest BCUT2D eigenvalue weighted by atomic mass is 10.2. The van der Waals surface area contributed by atoms with Gasteiger partial charge in [-0.1, -0.05) is 13.8 Å². The molecule has 0 spiro atoms. The van der Waals surface area contributed by atoms with Gasteiger partial charge in [-0.05, 0) is 26.4 Å². The zero-order chi connectivity index (χ0) is 18.2. The summed E-state index contributed by atoms with van der Waals surface area (Å²) in [6.07, 6.45) is 1.18. The van der Waals surface area contributed by atoms with E-state index in [0.717, 1.165) is 50.3 Å². The number of nitrogens with one attached hydrogen (secondary N) is 1. The van der Waals surface area contributed by atoms with Crippen molar-refractivity contribution in [3.8, 4) is 0 Å². The van der Waals surface area contributed by atoms with Crippen LogP contribution in [0.4, 0.5) is 0 Å². The lowest BCUT2D eigenvalue weighted by Crippen LogP contribution is -2.44. The first-order chi connectivity index (χ1) is 12.1. The van der Waals surface area contributed by atoms with Crippen molar-refractivity contribution in [1.29, 1.82) is 0 Å². The quantitative estimate of drug-likeness (QED) is 0.421. The Labute approximate surface area is 151 Å². The van der Waals surface area contributed by atoms with Crippen molar-refractivity contribution >= 4 is 5.96 Å². The highest BCUT2D eigenvalue weighted by Gasteiger charge is 2.28. The smallest absolute Gasteiger partial charge is 0.194 e. The van der Waals surface area contributed by atoms with Crippen LogP contribution in [0.3, 0.4) is 0 Å². The molecule has 2 rings (SSSR count). The Morgan fingerprint density at radius 3 is 2.72 bits per heavy atom. The van der Waals surface area contributed by atoms with E-state index < -0.39 is 0 Å². The molecule has 8 nitrogen and oxygen atoms in total. The molecule has 1 fully saturated rings. The molecule has 0 amide bonds. The molecule has 25 heavy (non-hydrogen) atoms. The van der Waals surface area contributed by atoms with Crippen molar-refractivity contribution in [3.05, 3.63) is 11.6 Å². The molecule has 142 valence electrons. The van der Waals surface area contributed by atoms with Gasteiger partial charge in [-0.3, -0.25) is 4.90 Å². The van der Waals surface area contributed by atoms with Gasteiger partial charge < -0.3 is 19.5 Å². The fourth-order valence-corrected chi connectivity index (χ4v) is 3.24. The molecule has 1 atom stereocenters. The minimum atomic E-state index is 0.527. The Morgan fingerprint density at radius 1 is 1.36 bits per heavy atom. The van der Waals surface area contributed by atoms with Crippen molar-refractivity contribution in [2.45, 2.75) is 39.8 Å². The summed E-state index contributed by atoms with van der Waals surface area (Å²) >= 11 is 0. The van der Waals surface area contributed by atoms with Gasteiger partial charge in [0.2, 0.25) is 0 Å². The molecule has 1 N–H and O–H groups in total. The van der Waals surface area contributed by atoms with E-state index in [1.807, 2.05) is 18.5 Å². The summed E-state index contributed by atoms with van der Waals surface area (Å²) in [7, 11) is 3.69. The summed E-state index contributed by atoms with van der Waals surface area (Å²) in [5, 5.41) is 11.7. The molecule has 1 aliphatic rings. The van der Waals surface area contributed by atoms with Crippen LogP contribution in [0.2, 0.25) is 0 Å². The van der Waals surface area contributed by atoms with Crippen LogP contribution < -0.4 is 5.32 Å². The van der Waals surface area contributed by atoms with Gasteiger partial charge in [0, 0.05) is 39.8 Å². The molecule has 0 bridgehead atoms. The molecule has 1 aromatic rings. The van der Waals surface area contributed by atoms with Crippen LogP contribution in [0.1, 0.15) is 31.9 Å². The summed E-state index contributed by atoms with van der Waals surface area (Å²) < 4.78 is 7.15. The van der Waals surface area contributed by atoms with E-state index in [1.54, 1.807) is 7.11 Å². The number of methoxy groups -OCH3 is 1. The van der Waals surface area contributed by atoms with E-state index >= 15 is 0 Å². The van der Waals surface area contributed by atoms with Crippen LogP contribution in [0, 0.1) is 6.92 Å². The molecule has 1 aromatic heterocycles. The highest BCUT2D eigenvalue weighted by molar-refractivity contribution is 5.80. The summed E-state index contributed by atoms with van der Waals surface area (Å²) in [5.74, 6) is 2.72. The number of nitrogens with zero attached hydrogens (tertiary/aromatic N) is 6. The minimum absolute atomic E-state index is 0.527. The third-order valence-corrected chi connectivity index (χ3v) is 4.93. The number of aryl methyl sites for hydroxylation is 1. The number of hydrogen-bond acceptors (Lipinski definition) is 5. The largest absolute Gasteiger partial charge is 0.383 e. The first kappa shape index (κ1) is 19.7. The topological polar surface area (TPSA) is 70.8 Å². The number of hydrogen-bond donors (Lipinski definition) is 1. The predicted octanol–water partition coefficient (Wildman–Crippen LogP) is 0.632. The number of ether oxygens (including phenoxy) is 1. The average molecular weight is 351 g/mol. The lowest BCUT2D eigenvalue weighted by Gasteiger charge is -2.27. The van der Waals surface area contributed by atoms with Crippen LogP contribution >= 0.6 is 0 Å². The molecular weight excluding hydrogens is 318 g/mol. The predicted molar refractivity (Wildman–Crippen MR) is 99.7 cm³/mol. The molecule has 0 radical (unpaired) electrons. The molecule has 8 heteroatoms. The van der Waals surface area contributed by atoms with E-state index in [2.05, 4.69) is 39.2 Å². The highest BCUT2D eigenvalue weighted by atomic mass is 16.5. The van der Waals surface area contributed by atoms with Gasteiger partial charge in [0.25, 0.3) is 0 Å². The van der Waals surface area contributed by atoms with Gasteiger partial charge in [0.1, 0.15) is 12.4 Å². The lowest BCUT2D eigenvalue weighted by molar-refractivity contribution is 0.202. The third kappa shape index (κ3) is 5.15. The maximum atomic E-state index is 5.16. The molecule has 2 heterocycles. The molecule has 1 saturated heterocycles. The highest BCUT2D eigenvalue weighted by Crippen LogP contribution is 2.15. The standard InChI is InChI=1S/C17H33N7O/c1-6-23(7-2)15-8-10-24(13-15)17(18-9-11-25-5)19-12-16-21-20-14(3)22(16)4/h15H,6-13H2,1-5H3,(H,18,19). The Bertz CT molecular complexity index is 553. The van der Waals surface area contributed by atoms with Gasteiger partial charge >= 0.3 is 0 Å². The fraction of sp³-hybridized carbons (Fsp3) is 0.824. The molecule has 1 aliphatic heterocycles. The third-order valence-electron chi connectivity index (χ3n) is 4.93. The van der Waals surface area contributed by atoms with Gasteiger partial charge in [0.15, 0.2) is 11.8 Å². The Morgan fingerprint density at radius 2 is 2.12 bits per heavy atom. The number of guanidine groups is 1. The maximum absolute atomic E-state index is 5.16. The number of aromatic nitrogens is 3. The van der Waals surface area contributed by atoms with Crippen molar-refractivity contribution in [1.82, 2.24) is 29.9 Å². The summed E-state index contributed by atoms with van der Waals surface area (Å²) in [6, 6.07) is 0.599. The van der Waals surface area contributed by atoms with Crippen LogP contribution in [-0.2, 0) is 18.3 Å². The van der Waals surface area contributed by atoms with Crippen molar-refractivity contribution < 1.29 is 4.74 Å². The van der Waals surface area contributed by atoms with E-state index in [4.69, 9.17) is 9.73 Å². The summed E-state index contributed by atoms with van der Waals surface area (Å²) in [4.78, 5) is 9.68. The zero-order valence-corrected chi connectivity index (χ0v) is 16.3. The Kier molecular flexibility index (Phi) is 7.64. The Hall–Kier alpha value is -1.67. The molecule has 1 unspecified atom stereocenters. The fourth-order valence-electron chi connectivity index (χ4n) is 3.24. The minimum Gasteiger partial charge on any atom is -0.383 e. The second kappa shape index (κ2) is 9.72. The van der Waals surface area contributed by atoms with Crippen LogP contribution in [-0.4, -0.2) is 83.0 Å². The molecule has 0 saturated carbocycles. The number of rotatable bonds is 8. The molecule has 0 aliphatic carbocycles. The van der Waals surface area contributed by atoms with Crippen LogP contribution in [0.5, 0.6) is 0 Å². The summed E-state index contributed by atoms with van der Waals surface area (Å²) in [6.45, 7) is 12.6. The first-order valence-electron chi connectivity index (χ1n) is 9.21. The van der Waals surface area contributed by atoms with Gasteiger partial charge in [-0.2, -0.15) is 0 Å². The van der Waals surface area contributed by atoms with Gasteiger partial charge in [-0.15, -0.1) is 10.2 Å². The zero-order valence-electron chi connectivity index (χ0n) is 16.3. The van der Waals surface area contributed by atoms with Crippen molar-refractivity contribution in [2.24, 2.45) is 12.0 Å². The molecular formula is C17H33N7O. The average Bonchev–Trinajstić information content (AvgIpc) is 3.21. The Balaban J connectivity index is 2.05. The maximum Gasteiger partial charge on any atom is 0.194 e. The van der Waals surface area contributed by atoms with E-state index in [1.165, 1.54) is 6.42 Å². The van der Waals surface area contributed by atoms with Crippen molar-refractivity contribution in [2.75, 3.05) is 46.4 Å². The van der Waals surface area contributed by atoms with Gasteiger partial charge in [0.05, 0.1) is 6.61 Å². The number of aliphatic imine (C=N–C) groups is 1. The van der Waals surface area contributed by atoms with Gasteiger partial charge in [-0.25, -0.2) is 4.99 Å². The first-order valence-corrected chi connectivity index (χ1v) is 9.21. The van der Waals surface area contributed by atoms with Crippen LogP contribution in [0.15, 0.2) is 4.99 Å². The summed E-state index contributed by atoms with van der Waals surface area (Å²) in [5.41, 5.74) is 0. The van der Waals surface area contributed by atoms with E-state index in [-0.39, 0.29) is 0 Å². The number of likely N-dealkylation sites (N-methyl/N-ethyl adjacent to an activating group) is 1.